The lowest BCUT2D eigenvalue weighted by Crippen LogP contribution is -2.32. The summed E-state index contributed by atoms with van der Waals surface area (Å²) in [6.07, 6.45) is 0.821. The molecule has 0 radical (unpaired) electrons. The van der Waals surface area contributed by atoms with Gasteiger partial charge in [0.15, 0.2) is 0 Å². The summed E-state index contributed by atoms with van der Waals surface area (Å²) in [4.78, 5) is 11.8. The van der Waals surface area contributed by atoms with E-state index in [1.54, 1.807) is 12.1 Å². The maximum absolute atomic E-state index is 11.8. The van der Waals surface area contributed by atoms with Crippen molar-refractivity contribution < 1.29 is 0 Å². The van der Waals surface area contributed by atoms with Crippen LogP contribution in [0.5, 0.6) is 0 Å². The minimum Gasteiger partial charge on any atom is -0.326 e. The first-order valence-electron chi connectivity index (χ1n) is 6.92. The Labute approximate surface area is 119 Å². The van der Waals surface area contributed by atoms with Crippen LogP contribution in [0, 0.1) is 13.8 Å². The summed E-state index contributed by atoms with van der Waals surface area (Å²) in [5, 5.41) is 4.45. The Hall–Kier alpha value is -1.94. The van der Waals surface area contributed by atoms with Gasteiger partial charge in [0.25, 0.3) is 5.56 Å². The molecule has 0 fully saturated rings. The molecule has 4 heteroatoms. The highest BCUT2D eigenvalue weighted by atomic mass is 16.1. The van der Waals surface area contributed by atoms with Gasteiger partial charge in [0.05, 0.1) is 12.2 Å². The molecule has 0 aliphatic heterocycles. The Morgan fingerprint density at radius 3 is 2.65 bits per heavy atom. The summed E-state index contributed by atoms with van der Waals surface area (Å²) in [6.45, 7) is 6.57. The largest absolute Gasteiger partial charge is 0.326 e. The standard InChI is InChI=1S/C16H21N3O/c1-4-13(17)10-19-16(20)8-7-15(18-19)14-6-5-11(2)9-12(14)3/h5-9,13H,4,10,17H2,1-3H3. The number of aromatic nitrogens is 2. The van der Waals surface area contributed by atoms with Gasteiger partial charge in [0.1, 0.15) is 0 Å². The van der Waals surface area contributed by atoms with E-state index in [9.17, 15) is 4.79 Å². The van der Waals surface area contributed by atoms with Crippen LogP contribution in [0.15, 0.2) is 35.1 Å². The van der Waals surface area contributed by atoms with Crippen LogP contribution in [-0.2, 0) is 6.54 Å². The smallest absolute Gasteiger partial charge is 0.266 e. The van der Waals surface area contributed by atoms with Crippen LogP contribution in [0.1, 0.15) is 24.5 Å². The van der Waals surface area contributed by atoms with Gasteiger partial charge in [0, 0.05) is 17.7 Å². The predicted octanol–water partition coefficient (Wildman–Crippen LogP) is 2.26. The molecule has 20 heavy (non-hydrogen) atoms. The third kappa shape index (κ3) is 3.14. The molecule has 0 aliphatic carbocycles. The SMILES string of the molecule is CCC(N)Cn1nc(-c2ccc(C)cc2C)ccc1=O. The molecule has 1 unspecified atom stereocenters. The zero-order chi connectivity index (χ0) is 14.7. The second kappa shape index (κ2) is 6.01. The highest BCUT2D eigenvalue weighted by molar-refractivity contribution is 5.63. The van der Waals surface area contributed by atoms with Crippen LogP contribution >= 0.6 is 0 Å². The van der Waals surface area contributed by atoms with Gasteiger partial charge in [-0.2, -0.15) is 5.10 Å². The van der Waals surface area contributed by atoms with Crippen molar-refractivity contribution in [1.82, 2.24) is 9.78 Å². The molecule has 0 saturated heterocycles. The summed E-state index contributed by atoms with van der Waals surface area (Å²) >= 11 is 0. The lowest BCUT2D eigenvalue weighted by Gasteiger charge is -2.12. The number of rotatable bonds is 4. The molecule has 0 saturated carbocycles. The monoisotopic (exact) mass is 271 g/mol. The van der Waals surface area contributed by atoms with Crippen molar-refractivity contribution in [2.75, 3.05) is 0 Å². The fourth-order valence-electron chi connectivity index (χ4n) is 2.18. The highest BCUT2D eigenvalue weighted by Gasteiger charge is 2.08. The number of benzene rings is 1. The van der Waals surface area contributed by atoms with Crippen molar-refractivity contribution >= 4 is 0 Å². The van der Waals surface area contributed by atoms with E-state index < -0.39 is 0 Å². The predicted molar refractivity (Wildman–Crippen MR) is 81.7 cm³/mol. The third-order valence-electron chi connectivity index (χ3n) is 3.46. The van der Waals surface area contributed by atoms with Crippen molar-refractivity contribution in [1.29, 1.82) is 0 Å². The van der Waals surface area contributed by atoms with Gasteiger partial charge in [0.2, 0.25) is 0 Å². The number of hydrogen-bond donors (Lipinski definition) is 1. The topological polar surface area (TPSA) is 60.9 Å². The van der Waals surface area contributed by atoms with E-state index in [1.165, 1.54) is 10.2 Å². The molecule has 1 aromatic carbocycles. The molecule has 0 bridgehead atoms. The molecular weight excluding hydrogens is 250 g/mol. The molecule has 4 nitrogen and oxygen atoms in total. The van der Waals surface area contributed by atoms with Gasteiger partial charge in [-0.15, -0.1) is 0 Å². The van der Waals surface area contributed by atoms with Crippen molar-refractivity contribution in [2.45, 2.75) is 39.8 Å². The lowest BCUT2D eigenvalue weighted by molar-refractivity contribution is 0.482. The number of hydrogen-bond acceptors (Lipinski definition) is 3. The van der Waals surface area contributed by atoms with E-state index in [4.69, 9.17) is 5.73 Å². The van der Waals surface area contributed by atoms with Crippen molar-refractivity contribution in [2.24, 2.45) is 5.73 Å². The molecular formula is C16H21N3O. The quantitative estimate of drug-likeness (QED) is 0.928. The van der Waals surface area contributed by atoms with Crippen LogP contribution in [0.25, 0.3) is 11.3 Å². The molecule has 0 spiro atoms. The molecule has 1 aromatic heterocycles. The maximum atomic E-state index is 11.8. The Morgan fingerprint density at radius 2 is 2.00 bits per heavy atom. The molecule has 0 aliphatic rings. The van der Waals surface area contributed by atoms with Crippen molar-refractivity contribution in [3.8, 4) is 11.3 Å². The van der Waals surface area contributed by atoms with E-state index in [2.05, 4.69) is 31.1 Å². The van der Waals surface area contributed by atoms with Crippen LogP contribution in [0.4, 0.5) is 0 Å². The van der Waals surface area contributed by atoms with Crippen LogP contribution < -0.4 is 11.3 Å². The Kier molecular flexibility index (Phi) is 4.35. The first-order chi connectivity index (χ1) is 9.51. The van der Waals surface area contributed by atoms with E-state index >= 15 is 0 Å². The number of nitrogens with two attached hydrogens (primary N) is 1. The van der Waals surface area contributed by atoms with Crippen LogP contribution in [-0.4, -0.2) is 15.8 Å². The minimum atomic E-state index is -0.109. The fraction of sp³-hybridized carbons (Fsp3) is 0.375. The average molecular weight is 271 g/mol. The van der Waals surface area contributed by atoms with E-state index in [-0.39, 0.29) is 11.6 Å². The van der Waals surface area contributed by atoms with Gasteiger partial charge < -0.3 is 5.73 Å². The second-order valence-corrected chi connectivity index (χ2v) is 5.23. The zero-order valence-electron chi connectivity index (χ0n) is 12.3. The third-order valence-corrected chi connectivity index (χ3v) is 3.46. The molecule has 1 atom stereocenters. The van der Waals surface area contributed by atoms with Crippen molar-refractivity contribution in [3.63, 3.8) is 0 Å². The summed E-state index contributed by atoms with van der Waals surface area (Å²) < 4.78 is 1.46. The normalized spacial score (nSPS) is 12.4. The lowest BCUT2D eigenvalue weighted by atomic mass is 10.0. The van der Waals surface area contributed by atoms with Gasteiger partial charge in [-0.1, -0.05) is 30.7 Å². The van der Waals surface area contributed by atoms with Crippen LogP contribution in [0.2, 0.25) is 0 Å². The molecule has 2 aromatic rings. The summed E-state index contributed by atoms with van der Waals surface area (Å²) in [5.74, 6) is 0. The Bertz CT molecular complexity index is 661. The summed E-state index contributed by atoms with van der Waals surface area (Å²) in [5.41, 5.74) is 10.0. The van der Waals surface area contributed by atoms with Gasteiger partial charge in [-0.3, -0.25) is 4.79 Å². The molecule has 2 N–H and O–H groups in total. The van der Waals surface area contributed by atoms with Gasteiger partial charge in [-0.05, 0) is 31.9 Å². The highest BCUT2D eigenvalue weighted by Crippen LogP contribution is 2.21. The van der Waals surface area contributed by atoms with Crippen LogP contribution in [0.3, 0.4) is 0 Å². The Morgan fingerprint density at radius 1 is 1.25 bits per heavy atom. The fourth-order valence-corrected chi connectivity index (χ4v) is 2.18. The number of nitrogens with zero attached hydrogens (tertiary/aromatic N) is 2. The van der Waals surface area contributed by atoms with E-state index in [1.807, 2.05) is 13.0 Å². The average Bonchev–Trinajstić information content (AvgIpc) is 2.41. The van der Waals surface area contributed by atoms with Gasteiger partial charge >= 0.3 is 0 Å². The Balaban J connectivity index is 2.43. The zero-order valence-corrected chi connectivity index (χ0v) is 12.3. The molecule has 2 rings (SSSR count). The van der Waals surface area contributed by atoms with Gasteiger partial charge in [-0.25, -0.2) is 4.68 Å². The summed E-state index contributed by atoms with van der Waals surface area (Å²) in [6, 6.07) is 9.50. The molecule has 1 heterocycles. The minimum absolute atomic E-state index is 0.0467. The second-order valence-electron chi connectivity index (χ2n) is 5.23. The first kappa shape index (κ1) is 14.5. The van der Waals surface area contributed by atoms with E-state index in [0.717, 1.165) is 23.2 Å². The number of aryl methyl sites for hydroxylation is 2. The summed E-state index contributed by atoms with van der Waals surface area (Å²) in [7, 11) is 0. The van der Waals surface area contributed by atoms with Crippen molar-refractivity contribution in [3.05, 3.63) is 51.8 Å². The molecule has 0 amide bonds. The molecule has 106 valence electrons. The first-order valence-corrected chi connectivity index (χ1v) is 6.92. The maximum Gasteiger partial charge on any atom is 0.266 e. The van der Waals surface area contributed by atoms with E-state index in [0.29, 0.717) is 6.54 Å².